The topological polar surface area (TPSA) is 76.1 Å². The Labute approximate surface area is 277 Å². The van der Waals surface area contributed by atoms with Crippen LogP contribution in [0.1, 0.15) is 167 Å². The van der Waals surface area contributed by atoms with E-state index in [-0.39, 0.29) is 18.5 Å². The molecule has 0 aromatic heterocycles. The minimum atomic E-state index is -0.133. The van der Waals surface area contributed by atoms with E-state index in [0.29, 0.717) is 25.2 Å². The summed E-state index contributed by atoms with van der Waals surface area (Å²) in [6.07, 6.45) is 26.4. The van der Waals surface area contributed by atoms with Crippen molar-refractivity contribution in [1.82, 2.24) is 4.90 Å². The van der Waals surface area contributed by atoms with Crippen LogP contribution in [0.15, 0.2) is 24.3 Å². The number of ether oxygens (including phenoxy) is 2. The Balaban J connectivity index is 2.00. The van der Waals surface area contributed by atoms with Crippen LogP contribution in [0.4, 0.5) is 0 Å². The lowest BCUT2D eigenvalue weighted by atomic mass is 10.1. The first kappa shape index (κ1) is 41.1. The summed E-state index contributed by atoms with van der Waals surface area (Å²) in [7, 11) is 0. The summed E-state index contributed by atoms with van der Waals surface area (Å²) in [5, 5.41) is 9.47. The van der Waals surface area contributed by atoms with Gasteiger partial charge in [-0.05, 0) is 75.7 Å². The van der Waals surface area contributed by atoms with Crippen LogP contribution < -0.4 is 4.74 Å². The van der Waals surface area contributed by atoms with E-state index in [4.69, 9.17) is 9.47 Å². The first-order valence-corrected chi connectivity index (χ1v) is 18.9. The van der Waals surface area contributed by atoms with Crippen molar-refractivity contribution < 1.29 is 24.2 Å². The van der Waals surface area contributed by atoms with Crippen LogP contribution in [-0.4, -0.2) is 54.8 Å². The smallest absolute Gasteiger partial charge is 0.311 e. The molecule has 0 saturated heterocycles. The summed E-state index contributed by atoms with van der Waals surface area (Å²) >= 11 is 0. The van der Waals surface area contributed by atoms with E-state index in [2.05, 4.69) is 24.8 Å². The Morgan fingerprint density at radius 3 is 1.78 bits per heavy atom. The zero-order valence-electron chi connectivity index (χ0n) is 29.3. The summed E-state index contributed by atoms with van der Waals surface area (Å²) in [6.45, 7) is 8.01. The zero-order chi connectivity index (χ0) is 32.6. The normalized spacial score (nSPS) is 11.3. The summed E-state index contributed by atoms with van der Waals surface area (Å²) in [4.78, 5) is 26.6. The van der Waals surface area contributed by atoms with E-state index in [1.807, 2.05) is 18.2 Å². The summed E-state index contributed by atoms with van der Waals surface area (Å²) in [5.74, 6) is 0.501. The van der Waals surface area contributed by atoms with Gasteiger partial charge in [0.05, 0.1) is 13.2 Å². The second kappa shape index (κ2) is 30.7. The van der Waals surface area contributed by atoms with Crippen molar-refractivity contribution in [3.63, 3.8) is 0 Å². The van der Waals surface area contributed by atoms with E-state index in [0.717, 1.165) is 103 Å². The number of carbonyl (C=O) groups is 2. The lowest BCUT2D eigenvalue weighted by Gasteiger charge is -2.21. The first-order chi connectivity index (χ1) is 22.1. The summed E-state index contributed by atoms with van der Waals surface area (Å²) in [6, 6.07) is 7.99. The molecule has 0 atom stereocenters. The van der Waals surface area contributed by atoms with Gasteiger partial charge in [0, 0.05) is 19.4 Å². The monoisotopic (exact) mass is 632 g/mol. The fraction of sp³-hybridized carbons (Fsp3) is 0.795. The molecule has 0 saturated carbocycles. The van der Waals surface area contributed by atoms with Gasteiger partial charge in [-0.3, -0.25) is 9.59 Å². The predicted molar refractivity (Wildman–Crippen MR) is 188 cm³/mol. The Morgan fingerprint density at radius 2 is 1.16 bits per heavy atom. The number of nitrogens with zero attached hydrogens (tertiary/aromatic N) is 1. The number of aliphatic hydroxyl groups is 1. The third-order valence-corrected chi connectivity index (χ3v) is 8.59. The molecule has 0 aliphatic rings. The quantitative estimate of drug-likeness (QED) is 0.0484. The Morgan fingerprint density at radius 1 is 0.622 bits per heavy atom. The molecule has 1 rings (SSSR count). The van der Waals surface area contributed by atoms with Gasteiger partial charge in [0.15, 0.2) is 0 Å². The standard InChI is InChI=1S/C39H69NO5/c1-3-5-7-9-10-17-23-34-44-38(42)28-19-13-11-15-21-30-40(32-33-41)31-22-16-12-14-20-29-39(43)45-37-27-24-26-36(35-37)25-18-8-6-4-2/h24,26-27,35,41H,3-23,25,28-34H2,1-2H3. The number of esters is 2. The molecule has 0 radical (unpaired) electrons. The maximum Gasteiger partial charge on any atom is 0.311 e. The Kier molecular flexibility index (Phi) is 28.1. The lowest BCUT2D eigenvalue weighted by molar-refractivity contribution is -0.144. The zero-order valence-corrected chi connectivity index (χ0v) is 29.3. The van der Waals surface area contributed by atoms with Crippen molar-refractivity contribution in [3.05, 3.63) is 29.8 Å². The highest BCUT2D eigenvalue weighted by molar-refractivity contribution is 5.72. The van der Waals surface area contributed by atoms with E-state index >= 15 is 0 Å². The van der Waals surface area contributed by atoms with Crippen molar-refractivity contribution in [1.29, 1.82) is 0 Å². The number of aryl methyl sites for hydroxylation is 1. The average molecular weight is 632 g/mol. The maximum absolute atomic E-state index is 12.3. The van der Waals surface area contributed by atoms with Crippen LogP contribution in [0.5, 0.6) is 5.75 Å². The van der Waals surface area contributed by atoms with Gasteiger partial charge in [0.25, 0.3) is 0 Å². The highest BCUT2D eigenvalue weighted by Gasteiger charge is 2.08. The highest BCUT2D eigenvalue weighted by atomic mass is 16.5. The Bertz CT molecular complexity index is 829. The minimum Gasteiger partial charge on any atom is -0.466 e. The lowest BCUT2D eigenvalue weighted by Crippen LogP contribution is -2.29. The largest absolute Gasteiger partial charge is 0.466 e. The third kappa shape index (κ3) is 25.9. The van der Waals surface area contributed by atoms with Gasteiger partial charge < -0.3 is 19.5 Å². The van der Waals surface area contributed by atoms with Crippen LogP contribution in [0.2, 0.25) is 0 Å². The molecule has 0 spiro atoms. The summed E-state index contributed by atoms with van der Waals surface area (Å²) in [5.41, 5.74) is 1.25. The number of aliphatic hydroxyl groups excluding tert-OH is 1. The van der Waals surface area contributed by atoms with Gasteiger partial charge in [0.1, 0.15) is 5.75 Å². The second-order valence-electron chi connectivity index (χ2n) is 12.9. The van der Waals surface area contributed by atoms with Crippen molar-refractivity contribution in [2.45, 2.75) is 168 Å². The van der Waals surface area contributed by atoms with E-state index in [1.54, 1.807) is 0 Å². The maximum atomic E-state index is 12.3. The molecule has 0 unspecified atom stereocenters. The van der Waals surface area contributed by atoms with Gasteiger partial charge in [-0.1, -0.05) is 122 Å². The molecule has 0 heterocycles. The molecule has 0 aliphatic heterocycles. The molecule has 1 N–H and O–H groups in total. The SMILES string of the molecule is CCCCCCCCCOC(=O)CCCCCCCN(CCO)CCCCCCCC(=O)Oc1cccc(CCCCCC)c1. The van der Waals surface area contributed by atoms with E-state index in [1.165, 1.54) is 63.4 Å². The van der Waals surface area contributed by atoms with Gasteiger partial charge in [-0.2, -0.15) is 0 Å². The fourth-order valence-electron chi connectivity index (χ4n) is 5.77. The van der Waals surface area contributed by atoms with E-state index in [9.17, 15) is 14.7 Å². The van der Waals surface area contributed by atoms with Gasteiger partial charge >= 0.3 is 11.9 Å². The number of rotatable bonds is 32. The highest BCUT2D eigenvalue weighted by Crippen LogP contribution is 2.17. The second-order valence-corrected chi connectivity index (χ2v) is 12.9. The average Bonchev–Trinajstić information content (AvgIpc) is 3.03. The molecule has 6 heteroatoms. The molecule has 1 aromatic rings. The van der Waals surface area contributed by atoms with Crippen LogP contribution in [0.25, 0.3) is 0 Å². The molecule has 0 aliphatic carbocycles. The Hall–Kier alpha value is -1.92. The molecule has 6 nitrogen and oxygen atoms in total. The number of hydrogen-bond acceptors (Lipinski definition) is 6. The number of hydrogen-bond donors (Lipinski definition) is 1. The first-order valence-electron chi connectivity index (χ1n) is 18.9. The number of carbonyl (C=O) groups excluding carboxylic acids is 2. The van der Waals surface area contributed by atoms with Crippen LogP contribution in [0, 0.1) is 0 Å². The molecular formula is C39H69NO5. The van der Waals surface area contributed by atoms with Crippen molar-refractivity contribution in [2.24, 2.45) is 0 Å². The van der Waals surface area contributed by atoms with E-state index < -0.39 is 0 Å². The van der Waals surface area contributed by atoms with Crippen molar-refractivity contribution >= 4 is 11.9 Å². The van der Waals surface area contributed by atoms with Gasteiger partial charge in [-0.15, -0.1) is 0 Å². The number of unbranched alkanes of at least 4 members (excludes halogenated alkanes) is 17. The summed E-state index contributed by atoms with van der Waals surface area (Å²) < 4.78 is 11.0. The molecule has 0 amide bonds. The van der Waals surface area contributed by atoms with Crippen LogP contribution in [0.3, 0.4) is 0 Å². The van der Waals surface area contributed by atoms with Crippen molar-refractivity contribution in [2.75, 3.05) is 32.8 Å². The molecule has 0 fully saturated rings. The number of benzene rings is 1. The van der Waals surface area contributed by atoms with Gasteiger partial charge in [-0.25, -0.2) is 0 Å². The van der Waals surface area contributed by atoms with Gasteiger partial charge in [0.2, 0.25) is 0 Å². The predicted octanol–water partition coefficient (Wildman–Crippen LogP) is 9.98. The molecule has 1 aromatic carbocycles. The van der Waals surface area contributed by atoms with Crippen LogP contribution in [-0.2, 0) is 20.7 Å². The fourth-order valence-corrected chi connectivity index (χ4v) is 5.77. The minimum absolute atomic E-state index is 0.0378. The van der Waals surface area contributed by atoms with Crippen molar-refractivity contribution in [3.8, 4) is 5.75 Å². The molecule has 0 bridgehead atoms. The molecule has 45 heavy (non-hydrogen) atoms. The van der Waals surface area contributed by atoms with Crippen LogP contribution >= 0.6 is 0 Å². The molecule has 260 valence electrons. The third-order valence-electron chi connectivity index (χ3n) is 8.59. The molecular weight excluding hydrogens is 562 g/mol.